The summed E-state index contributed by atoms with van der Waals surface area (Å²) in [7, 11) is 0. The zero-order valence-electron chi connectivity index (χ0n) is 12.7. The predicted octanol–water partition coefficient (Wildman–Crippen LogP) is 4.17. The Morgan fingerprint density at radius 1 is 1.17 bits per heavy atom. The summed E-state index contributed by atoms with van der Waals surface area (Å²) in [6, 6.07) is 10.3. The zero-order chi connectivity index (χ0) is 17.7. The number of carbonyl (C=O) groups is 2. The number of halogens is 3. The highest BCUT2D eigenvalue weighted by molar-refractivity contribution is 6.30. The number of hydrogen-bond acceptors (Lipinski definition) is 3. The van der Waals surface area contributed by atoms with Crippen molar-refractivity contribution in [2.24, 2.45) is 0 Å². The van der Waals surface area contributed by atoms with E-state index < -0.39 is 24.3 Å². The van der Waals surface area contributed by atoms with Gasteiger partial charge in [0, 0.05) is 10.0 Å². The minimum Gasteiger partial charge on any atom is -0.452 e. The van der Waals surface area contributed by atoms with Crippen molar-refractivity contribution >= 4 is 35.1 Å². The van der Waals surface area contributed by atoms with E-state index in [-0.39, 0.29) is 16.6 Å². The van der Waals surface area contributed by atoms with Gasteiger partial charge in [-0.3, -0.25) is 4.79 Å². The topological polar surface area (TPSA) is 55.4 Å². The van der Waals surface area contributed by atoms with E-state index in [2.05, 4.69) is 5.32 Å². The quantitative estimate of drug-likeness (QED) is 0.804. The minimum atomic E-state index is -0.935. The molecule has 1 amide bonds. The fourth-order valence-corrected chi connectivity index (χ4v) is 2.36. The van der Waals surface area contributed by atoms with Crippen LogP contribution in [0, 0.1) is 5.82 Å². The van der Waals surface area contributed by atoms with E-state index in [9.17, 15) is 14.0 Å². The molecule has 2 rings (SSSR count). The molecule has 4 nitrogen and oxygen atoms in total. The fourth-order valence-electron chi connectivity index (χ4n) is 2.01. The van der Waals surface area contributed by atoms with Crippen LogP contribution in [0.3, 0.4) is 0 Å². The number of rotatable bonds is 5. The van der Waals surface area contributed by atoms with Crippen molar-refractivity contribution in [3.05, 3.63) is 69.5 Å². The fraction of sp³-hybridized carbons (Fsp3) is 0.176. The average Bonchev–Trinajstić information content (AvgIpc) is 2.52. The molecule has 0 heterocycles. The summed E-state index contributed by atoms with van der Waals surface area (Å²) in [5.41, 5.74) is 0.529. The van der Waals surface area contributed by atoms with Gasteiger partial charge >= 0.3 is 5.97 Å². The van der Waals surface area contributed by atoms with Gasteiger partial charge < -0.3 is 10.1 Å². The number of ether oxygens (including phenoxy) is 1. The van der Waals surface area contributed by atoms with Gasteiger partial charge in [0.15, 0.2) is 6.61 Å². The molecule has 0 aliphatic heterocycles. The second kappa shape index (κ2) is 8.13. The Morgan fingerprint density at radius 3 is 2.54 bits per heavy atom. The van der Waals surface area contributed by atoms with Crippen molar-refractivity contribution < 1.29 is 18.7 Å². The Morgan fingerprint density at radius 2 is 1.88 bits per heavy atom. The van der Waals surface area contributed by atoms with Crippen molar-refractivity contribution in [1.82, 2.24) is 5.32 Å². The van der Waals surface area contributed by atoms with Crippen molar-refractivity contribution in [2.45, 2.75) is 13.0 Å². The summed E-state index contributed by atoms with van der Waals surface area (Å²) >= 11 is 11.5. The molecular weight excluding hydrogens is 356 g/mol. The third-order valence-electron chi connectivity index (χ3n) is 3.21. The molecule has 24 heavy (non-hydrogen) atoms. The lowest BCUT2D eigenvalue weighted by atomic mass is 10.1. The van der Waals surface area contributed by atoms with Gasteiger partial charge in [0.05, 0.1) is 11.6 Å². The number of carbonyl (C=O) groups excluding carboxylic acids is 2. The maximum Gasteiger partial charge on any atom is 0.341 e. The van der Waals surface area contributed by atoms with E-state index in [4.69, 9.17) is 27.9 Å². The summed E-state index contributed by atoms with van der Waals surface area (Å²) in [4.78, 5) is 23.6. The molecule has 1 N–H and O–H groups in total. The van der Waals surface area contributed by atoms with Gasteiger partial charge in [-0.05, 0) is 42.8 Å². The van der Waals surface area contributed by atoms with E-state index in [1.165, 1.54) is 12.1 Å². The Labute approximate surface area is 148 Å². The van der Waals surface area contributed by atoms with Crippen LogP contribution in [-0.2, 0) is 9.53 Å². The van der Waals surface area contributed by atoms with Crippen LogP contribution < -0.4 is 5.32 Å². The monoisotopic (exact) mass is 369 g/mol. The van der Waals surface area contributed by atoms with Crippen LogP contribution in [0.4, 0.5) is 4.39 Å². The Kier molecular flexibility index (Phi) is 6.17. The van der Waals surface area contributed by atoms with Gasteiger partial charge in [0.25, 0.3) is 5.91 Å². The smallest absolute Gasteiger partial charge is 0.341 e. The summed E-state index contributed by atoms with van der Waals surface area (Å²) in [6.07, 6.45) is 0. The largest absolute Gasteiger partial charge is 0.452 e. The molecule has 0 unspecified atom stereocenters. The molecule has 0 aliphatic carbocycles. The van der Waals surface area contributed by atoms with E-state index in [0.717, 1.165) is 11.6 Å². The highest BCUT2D eigenvalue weighted by atomic mass is 35.5. The molecule has 0 saturated carbocycles. The first-order chi connectivity index (χ1) is 11.4. The summed E-state index contributed by atoms with van der Waals surface area (Å²) in [5.74, 6) is -2.25. The first-order valence-corrected chi connectivity index (χ1v) is 7.79. The summed E-state index contributed by atoms with van der Waals surface area (Å²) in [5, 5.41) is 3.38. The molecule has 0 saturated heterocycles. The van der Waals surface area contributed by atoms with Gasteiger partial charge in [0.2, 0.25) is 0 Å². The second-order valence-electron chi connectivity index (χ2n) is 5.04. The number of amides is 1. The lowest BCUT2D eigenvalue weighted by Crippen LogP contribution is -2.31. The lowest BCUT2D eigenvalue weighted by molar-refractivity contribution is -0.124. The second-order valence-corrected chi connectivity index (χ2v) is 5.92. The molecule has 2 aromatic rings. The predicted molar refractivity (Wildman–Crippen MR) is 89.7 cm³/mol. The molecule has 1 atom stereocenters. The molecule has 0 spiro atoms. The molecular formula is C17H14Cl2FNO3. The van der Waals surface area contributed by atoms with Crippen LogP contribution in [-0.4, -0.2) is 18.5 Å². The maximum atomic E-state index is 13.6. The van der Waals surface area contributed by atoms with Gasteiger partial charge in [-0.15, -0.1) is 0 Å². The molecule has 0 radical (unpaired) electrons. The maximum absolute atomic E-state index is 13.6. The lowest BCUT2D eigenvalue weighted by Gasteiger charge is -2.14. The van der Waals surface area contributed by atoms with E-state index in [1.807, 2.05) is 6.07 Å². The van der Waals surface area contributed by atoms with Gasteiger partial charge in [-0.1, -0.05) is 35.3 Å². The van der Waals surface area contributed by atoms with Crippen molar-refractivity contribution in [1.29, 1.82) is 0 Å². The number of esters is 1. The highest BCUT2D eigenvalue weighted by Gasteiger charge is 2.16. The van der Waals surface area contributed by atoms with Crippen LogP contribution in [0.5, 0.6) is 0 Å². The molecule has 7 heteroatoms. The number of hydrogen-bond donors (Lipinski definition) is 1. The molecule has 0 fully saturated rings. The first-order valence-electron chi connectivity index (χ1n) is 7.04. The molecule has 0 bridgehead atoms. The molecule has 0 aromatic heterocycles. The summed E-state index contributed by atoms with van der Waals surface area (Å²) < 4.78 is 18.4. The third kappa shape index (κ3) is 4.94. The Hall–Kier alpha value is -2.11. The van der Waals surface area contributed by atoms with Crippen LogP contribution in [0.1, 0.15) is 28.9 Å². The molecule has 126 valence electrons. The van der Waals surface area contributed by atoms with E-state index in [1.54, 1.807) is 25.1 Å². The van der Waals surface area contributed by atoms with E-state index in [0.29, 0.717) is 5.02 Å². The van der Waals surface area contributed by atoms with Crippen molar-refractivity contribution in [3.8, 4) is 0 Å². The average molecular weight is 370 g/mol. The Bertz CT molecular complexity index is 767. The number of benzene rings is 2. The number of nitrogens with one attached hydrogen (secondary N) is 1. The van der Waals surface area contributed by atoms with Crippen LogP contribution in [0.15, 0.2) is 42.5 Å². The van der Waals surface area contributed by atoms with Crippen LogP contribution >= 0.6 is 23.2 Å². The molecule has 0 aliphatic rings. The highest BCUT2D eigenvalue weighted by Crippen LogP contribution is 2.17. The first kappa shape index (κ1) is 18.2. The zero-order valence-corrected chi connectivity index (χ0v) is 14.2. The van der Waals surface area contributed by atoms with Gasteiger partial charge in [0.1, 0.15) is 5.82 Å². The normalized spacial score (nSPS) is 11.7. The van der Waals surface area contributed by atoms with Crippen molar-refractivity contribution in [3.63, 3.8) is 0 Å². The standard InChI is InChI=1S/C17H14Cl2FNO3/c1-10(11-3-2-4-12(18)7-11)21-16(22)9-24-17(23)14-6-5-13(19)8-15(14)20/h2-8,10H,9H2,1H3,(H,21,22)/t10-/m0/s1. The van der Waals surface area contributed by atoms with Crippen LogP contribution in [0.2, 0.25) is 10.0 Å². The molecule has 2 aromatic carbocycles. The third-order valence-corrected chi connectivity index (χ3v) is 3.68. The van der Waals surface area contributed by atoms with Gasteiger partial charge in [-0.2, -0.15) is 0 Å². The van der Waals surface area contributed by atoms with E-state index >= 15 is 0 Å². The summed E-state index contributed by atoms with van der Waals surface area (Å²) in [6.45, 7) is 1.25. The minimum absolute atomic E-state index is 0.164. The SMILES string of the molecule is C[C@H](NC(=O)COC(=O)c1ccc(Cl)cc1F)c1cccc(Cl)c1. The van der Waals surface area contributed by atoms with Crippen molar-refractivity contribution in [2.75, 3.05) is 6.61 Å². The Balaban J connectivity index is 1.89. The van der Waals surface area contributed by atoms with Gasteiger partial charge in [-0.25, -0.2) is 9.18 Å². The van der Waals surface area contributed by atoms with Crippen LogP contribution in [0.25, 0.3) is 0 Å².